The van der Waals surface area contributed by atoms with Gasteiger partial charge in [0.05, 0.1) is 17.4 Å². The van der Waals surface area contributed by atoms with Gasteiger partial charge in [0.1, 0.15) is 11.6 Å². The number of para-hydroxylation sites is 1. The molecular formula is C35H41N3O5. The van der Waals surface area contributed by atoms with Crippen LogP contribution in [-0.2, 0) is 19.1 Å². The van der Waals surface area contributed by atoms with Gasteiger partial charge >= 0.3 is 0 Å². The third-order valence-corrected chi connectivity index (χ3v) is 9.72. The summed E-state index contributed by atoms with van der Waals surface area (Å²) in [7, 11) is 0. The Morgan fingerprint density at radius 1 is 0.860 bits per heavy atom. The number of likely N-dealkylation sites (tertiary alicyclic amines) is 1. The average Bonchev–Trinajstić information content (AvgIpc) is 3.29. The Kier molecular flexibility index (Phi) is 7.77. The maximum absolute atomic E-state index is 14.8. The first kappa shape index (κ1) is 29.3. The summed E-state index contributed by atoms with van der Waals surface area (Å²) in [5.74, 6) is -2.22. The maximum Gasteiger partial charge on any atom is 0.253 e. The fourth-order valence-corrected chi connectivity index (χ4v) is 7.64. The van der Waals surface area contributed by atoms with Crippen LogP contribution >= 0.6 is 0 Å². The van der Waals surface area contributed by atoms with E-state index in [1.54, 1.807) is 14.7 Å². The van der Waals surface area contributed by atoms with Crippen molar-refractivity contribution in [1.29, 1.82) is 0 Å². The number of ether oxygens (including phenoxy) is 1. The number of aliphatic hydroxyl groups excluding tert-OH is 1. The highest BCUT2D eigenvalue weighted by atomic mass is 16.5. The van der Waals surface area contributed by atoms with Crippen molar-refractivity contribution in [3.05, 3.63) is 84.0 Å². The van der Waals surface area contributed by atoms with E-state index in [0.717, 1.165) is 28.9 Å². The van der Waals surface area contributed by atoms with Crippen LogP contribution in [0, 0.1) is 25.7 Å². The molecule has 4 heterocycles. The summed E-state index contributed by atoms with van der Waals surface area (Å²) >= 11 is 0. The molecule has 1 N–H and O–H groups in total. The van der Waals surface area contributed by atoms with E-state index in [4.69, 9.17) is 4.74 Å². The van der Waals surface area contributed by atoms with Gasteiger partial charge in [-0.2, -0.15) is 0 Å². The van der Waals surface area contributed by atoms with E-state index in [2.05, 4.69) is 0 Å². The first-order valence-corrected chi connectivity index (χ1v) is 15.5. The summed E-state index contributed by atoms with van der Waals surface area (Å²) < 4.78 is 7.10. The van der Waals surface area contributed by atoms with Crippen molar-refractivity contribution in [2.45, 2.75) is 63.7 Å². The number of aryl methyl sites for hydroxylation is 2. The number of hydrogen-bond donors (Lipinski definition) is 1. The van der Waals surface area contributed by atoms with Crippen molar-refractivity contribution in [1.82, 2.24) is 4.90 Å². The number of unbranched alkanes of at least 4 members (excludes halogenated alkanes) is 2. The zero-order valence-electron chi connectivity index (χ0n) is 25.2. The van der Waals surface area contributed by atoms with Crippen LogP contribution in [0.2, 0.25) is 0 Å². The Labute approximate surface area is 253 Å². The van der Waals surface area contributed by atoms with Gasteiger partial charge in [0.2, 0.25) is 11.8 Å². The highest BCUT2D eigenvalue weighted by Crippen LogP contribution is 2.59. The van der Waals surface area contributed by atoms with E-state index >= 15 is 0 Å². The molecule has 4 aliphatic heterocycles. The van der Waals surface area contributed by atoms with Crippen molar-refractivity contribution in [3.63, 3.8) is 0 Å². The Bertz CT molecular complexity index is 1470. The molecule has 0 saturated carbocycles. The van der Waals surface area contributed by atoms with Gasteiger partial charge in [-0.25, -0.2) is 0 Å². The molecule has 2 fully saturated rings. The lowest BCUT2D eigenvalue weighted by molar-refractivity contribution is -0.145. The quantitative estimate of drug-likeness (QED) is 0.369. The number of carbonyl (C=O) groups is 3. The molecule has 8 nitrogen and oxygen atoms in total. The summed E-state index contributed by atoms with van der Waals surface area (Å²) in [6.07, 6.45) is 10.2. The Morgan fingerprint density at radius 3 is 2.35 bits per heavy atom. The van der Waals surface area contributed by atoms with E-state index in [9.17, 15) is 19.5 Å². The molecular weight excluding hydrogens is 542 g/mol. The fourth-order valence-electron chi connectivity index (χ4n) is 7.64. The van der Waals surface area contributed by atoms with Crippen LogP contribution in [0.5, 0.6) is 0 Å². The third-order valence-electron chi connectivity index (χ3n) is 9.72. The highest BCUT2D eigenvalue weighted by Gasteiger charge is 2.75. The Morgan fingerprint density at radius 2 is 1.60 bits per heavy atom. The van der Waals surface area contributed by atoms with Crippen molar-refractivity contribution < 1.29 is 24.2 Å². The lowest BCUT2D eigenvalue weighted by Gasteiger charge is -2.38. The maximum atomic E-state index is 14.8. The number of anilines is 2. The first-order valence-electron chi connectivity index (χ1n) is 15.5. The molecule has 1 spiro atoms. The Balaban J connectivity index is 1.47. The van der Waals surface area contributed by atoms with Gasteiger partial charge in [0.15, 0.2) is 0 Å². The molecule has 3 amide bonds. The largest absolute Gasteiger partial charge is 0.396 e. The number of nitrogens with zero attached hydrogens (tertiary/aromatic N) is 3. The lowest BCUT2D eigenvalue weighted by Crippen LogP contribution is -2.56. The molecule has 0 aliphatic carbocycles. The minimum atomic E-state index is -1.29. The minimum Gasteiger partial charge on any atom is -0.396 e. The van der Waals surface area contributed by atoms with Crippen LogP contribution in [0.25, 0.3) is 0 Å². The van der Waals surface area contributed by atoms with E-state index in [1.165, 1.54) is 0 Å². The SMILES string of the molecule is CC[C@@]12C=CCN(c3ccccc3)C(=O)[C@@H]1[C@H]1C(=O)N(CCCCCO)C3C(=O)N(c4cc(C)ccc4C)CC=C[C@@]31O2. The summed E-state index contributed by atoms with van der Waals surface area (Å²) in [5.41, 5.74) is 1.27. The highest BCUT2D eigenvalue weighted by molar-refractivity contribution is 6.08. The number of rotatable bonds is 8. The molecule has 0 aromatic heterocycles. The van der Waals surface area contributed by atoms with Crippen molar-refractivity contribution in [2.24, 2.45) is 11.8 Å². The molecule has 6 rings (SSSR count). The van der Waals surface area contributed by atoms with Crippen molar-refractivity contribution >= 4 is 29.1 Å². The molecule has 2 saturated heterocycles. The van der Waals surface area contributed by atoms with E-state index < -0.39 is 29.1 Å². The zero-order chi connectivity index (χ0) is 30.4. The van der Waals surface area contributed by atoms with Gasteiger partial charge in [0.25, 0.3) is 5.91 Å². The minimum absolute atomic E-state index is 0.0758. The second-order valence-corrected chi connectivity index (χ2v) is 12.3. The number of fused-ring (bicyclic) bond motifs is 2. The molecule has 4 aliphatic rings. The van der Waals surface area contributed by atoms with Crippen LogP contribution in [0.1, 0.15) is 43.7 Å². The summed E-state index contributed by atoms with van der Waals surface area (Å²) in [5, 5.41) is 9.36. The molecule has 1 unspecified atom stereocenters. The number of amides is 3. The summed E-state index contributed by atoms with van der Waals surface area (Å²) in [6, 6.07) is 14.6. The van der Waals surface area contributed by atoms with E-state index in [0.29, 0.717) is 38.9 Å². The van der Waals surface area contributed by atoms with Crippen molar-refractivity contribution in [3.8, 4) is 0 Å². The normalized spacial score (nSPS) is 29.9. The standard InChI is InChI=1S/C35H41N3O5/c1-4-34-17-11-20-36(26-13-7-5-8-14-26)31(40)28(34)29-32(41)38(19-9-6-10-22-39)30-33(42)37(21-12-18-35(29,30)43-34)27-23-24(2)15-16-25(27)3/h5,7-8,11-18,23,28-30,39H,4,6,9-10,19-22H2,1-3H3/t28-,29-,30?,34+,35-/m0/s1. The van der Waals surface area contributed by atoms with Gasteiger partial charge in [-0.1, -0.05) is 61.6 Å². The molecule has 226 valence electrons. The average molecular weight is 584 g/mol. The molecule has 8 heteroatoms. The topological polar surface area (TPSA) is 90.4 Å². The molecule has 2 aromatic rings. The first-order chi connectivity index (χ1) is 20.8. The molecule has 43 heavy (non-hydrogen) atoms. The smallest absolute Gasteiger partial charge is 0.253 e. The van der Waals surface area contributed by atoms with Crippen LogP contribution in [-0.4, -0.2) is 71.2 Å². The number of benzene rings is 2. The van der Waals surface area contributed by atoms with Gasteiger partial charge in [0, 0.05) is 37.6 Å². The van der Waals surface area contributed by atoms with Crippen molar-refractivity contribution in [2.75, 3.05) is 36.0 Å². The predicted molar refractivity (Wildman–Crippen MR) is 166 cm³/mol. The van der Waals surface area contributed by atoms with Crippen LogP contribution in [0.15, 0.2) is 72.8 Å². The molecule has 5 atom stereocenters. The van der Waals surface area contributed by atoms with Crippen LogP contribution < -0.4 is 9.80 Å². The Hall–Kier alpha value is -3.75. The predicted octanol–water partition coefficient (Wildman–Crippen LogP) is 4.33. The van der Waals surface area contributed by atoms with E-state index in [-0.39, 0.29) is 24.3 Å². The van der Waals surface area contributed by atoms with Gasteiger partial charge in [-0.3, -0.25) is 14.4 Å². The van der Waals surface area contributed by atoms with Crippen LogP contribution in [0.3, 0.4) is 0 Å². The molecule has 2 aromatic carbocycles. The van der Waals surface area contributed by atoms with Crippen LogP contribution in [0.4, 0.5) is 11.4 Å². The monoisotopic (exact) mass is 583 g/mol. The van der Waals surface area contributed by atoms with Gasteiger partial charge in [-0.15, -0.1) is 0 Å². The number of aliphatic hydroxyl groups is 1. The number of carbonyl (C=O) groups excluding carboxylic acids is 3. The van der Waals surface area contributed by atoms with Gasteiger partial charge < -0.3 is 24.5 Å². The fraction of sp³-hybridized carbons (Fsp3) is 0.457. The molecule has 0 radical (unpaired) electrons. The lowest BCUT2D eigenvalue weighted by atomic mass is 9.73. The van der Waals surface area contributed by atoms with E-state index in [1.807, 2.05) is 93.6 Å². The molecule has 0 bridgehead atoms. The summed E-state index contributed by atoms with van der Waals surface area (Å²) in [4.78, 5) is 49.2. The second kappa shape index (κ2) is 11.4. The second-order valence-electron chi connectivity index (χ2n) is 12.3. The zero-order valence-corrected chi connectivity index (χ0v) is 25.2. The number of hydrogen-bond acceptors (Lipinski definition) is 5. The summed E-state index contributed by atoms with van der Waals surface area (Å²) in [6.45, 7) is 7.11. The van der Waals surface area contributed by atoms with Gasteiger partial charge in [-0.05, 0) is 68.9 Å². The third kappa shape index (κ3) is 4.62.